The summed E-state index contributed by atoms with van der Waals surface area (Å²) in [5, 5.41) is 4.67. The van der Waals surface area contributed by atoms with Crippen molar-refractivity contribution in [2.24, 2.45) is 11.1 Å². The highest BCUT2D eigenvalue weighted by atomic mass is 19.4. The maximum absolute atomic E-state index is 13.9. The number of nitrogens with two attached hydrogens (primary N) is 1. The third-order valence-corrected chi connectivity index (χ3v) is 8.36. The highest BCUT2D eigenvalue weighted by molar-refractivity contribution is 5.96. The Balaban J connectivity index is 1.36. The van der Waals surface area contributed by atoms with Crippen molar-refractivity contribution in [2.45, 2.75) is 76.6 Å². The molecule has 1 aliphatic carbocycles. The summed E-state index contributed by atoms with van der Waals surface area (Å²) in [6.45, 7) is 6.35. The standard InChI is InChI=1S/C28H36F3N5O2/c1-27(2,26(32)38)17-34-14-11-19(12-15-34)36-24(18-9-10-18)21(16-33-36)25(37)35-13-5-8-23(35)20-6-3-4-7-22(20)28(29,30)31/h3-4,6-7,16,18-19,23H,5,8-15,17H2,1-2H3,(H2,32,38). The molecule has 0 bridgehead atoms. The van der Waals surface area contributed by atoms with Crippen molar-refractivity contribution >= 4 is 11.8 Å². The predicted molar refractivity (Wildman–Crippen MR) is 136 cm³/mol. The normalized spacial score (nSPS) is 21.7. The number of nitrogens with zero attached hydrogens (tertiary/aromatic N) is 4. The summed E-state index contributed by atoms with van der Waals surface area (Å²) in [6.07, 6.45) is 1.98. The number of likely N-dealkylation sites (tertiary alicyclic amines) is 2. The van der Waals surface area contributed by atoms with Crippen LogP contribution in [0.25, 0.3) is 0 Å². The van der Waals surface area contributed by atoms with E-state index in [1.165, 1.54) is 12.1 Å². The van der Waals surface area contributed by atoms with E-state index >= 15 is 0 Å². The first-order chi connectivity index (χ1) is 18.0. The Morgan fingerprint density at radius 2 is 1.71 bits per heavy atom. The van der Waals surface area contributed by atoms with Gasteiger partial charge in [-0.1, -0.05) is 18.2 Å². The van der Waals surface area contributed by atoms with Crippen molar-refractivity contribution in [1.29, 1.82) is 0 Å². The van der Waals surface area contributed by atoms with E-state index < -0.39 is 23.2 Å². The summed E-state index contributed by atoms with van der Waals surface area (Å²) in [5.41, 5.74) is 5.90. The third-order valence-electron chi connectivity index (χ3n) is 8.36. The lowest BCUT2D eigenvalue weighted by molar-refractivity contribution is -0.138. The molecule has 2 amide bonds. The molecular weight excluding hydrogens is 495 g/mol. The van der Waals surface area contributed by atoms with E-state index in [-0.39, 0.29) is 29.3 Å². The fraction of sp³-hybridized carbons (Fsp3) is 0.607. The van der Waals surface area contributed by atoms with Crippen LogP contribution in [0.1, 0.15) is 97.6 Å². The molecule has 38 heavy (non-hydrogen) atoms. The highest BCUT2D eigenvalue weighted by Gasteiger charge is 2.42. The summed E-state index contributed by atoms with van der Waals surface area (Å²) in [7, 11) is 0. The van der Waals surface area contributed by atoms with Crippen LogP contribution < -0.4 is 5.73 Å². The molecule has 0 spiro atoms. The van der Waals surface area contributed by atoms with Crippen molar-refractivity contribution in [3.63, 3.8) is 0 Å². The van der Waals surface area contributed by atoms with Gasteiger partial charge in [-0.05, 0) is 64.0 Å². The second-order valence-electron chi connectivity index (χ2n) is 11.7. The fourth-order valence-corrected chi connectivity index (χ4v) is 6.08. The van der Waals surface area contributed by atoms with E-state index in [9.17, 15) is 22.8 Å². The van der Waals surface area contributed by atoms with E-state index in [2.05, 4.69) is 10.00 Å². The number of carbonyl (C=O) groups excluding carboxylic acids is 2. The molecule has 2 N–H and O–H groups in total. The summed E-state index contributed by atoms with van der Waals surface area (Å²) in [4.78, 5) is 29.5. The quantitative estimate of drug-likeness (QED) is 0.551. The van der Waals surface area contributed by atoms with Crippen LogP contribution in [-0.4, -0.2) is 57.6 Å². The van der Waals surface area contributed by atoms with Crippen molar-refractivity contribution < 1.29 is 22.8 Å². The lowest BCUT2D eigenvalue weighted by Crippen LogP contribution is -2.45. The van der Waals surface area contributed by atoms with Gasteiger partial charge in [-0.25, -0.2) is 0 Å². The first-order valence-corrected chi connectivity index (χ1v) is 13.5. The minimum atomic E-state index is -4.47. The zero-order chi connectivity index (χ0) is 27.2. The number of carbonyl (C=O) groups is 2. The van der Waals surface area contributed by atoms with Crippen molar-refractivity contribution in [3.05, 3.63) is 52.8 Å². The van der Waals surface area contributed by atoms with Gasteiger partial charge in [0.15, 0.2) is 0 Å². The van der Waals surface area contributed by atoms with Gasteiger partial charge in [-0.3, -0.25) is 14.3 Å². The number of piperidine rings is 1. The van der Waals surface area contributed by atoms with Gasteiger partial charge in [0, 0.05) is 32.1 Å². The molecule has 1 unspecified atom stereocenters. The number of halogens is 3. The van der Waals surface area contributed by atoms with Crippen LogP contribution >= 0.6 is 0 Å². The first kappa shape index (κ1) is 26.7. The summed E-state index contributed by atoms with van der Waals surface area (Å²) in [6, 6.07) is 5.13. The number of alkyl halides is 3. The number of hydrogen-bond donors (Lipinski definition) is 1. The van der Waals surface area contributed by atoms with Crippen LogP contribution in [-0.2, 0) is 11.0 Å². The SMILES string of the molecule is CC(C)(CN1CCC(n2ncc(C(=O)N3CCCC3c3ccccc3C(F)(F)F)c2C2CC2)CC1)C(N)=O. The Hall–Kier alpha value is -2.88. The number of rotatable bonds is 7. The van der Waals surface area contributed by atoms with Crippen molar-refractivity contribution in [1.82, 2.24) is 19.6 Å². The number of primary amides is 1. The minimum absolute atomic E-state index is 0.139. The fourth-order valence-electron chi connectivity index (χ4n) is 6.08. The minimum Gasteiger partial charge on any atom is -0.369 e. The average molecular weight is 532 g/mol. The Labute approximate surface area is 221 Å². The molecule has 2 saturated heterocycles. The molecule has 3 fully saturated rings. The molecule has 2 aromatic rings. The molecule has 206 valence electrons. The van der Waals surface area contributed by atoms with E-state index in [1.807, 2.05) is 18.5 Å². The lowest BCUT2D eigenvalue weighted by atomic mass is 9.90. The number of hydrogen-bond acceptors (Lipinski definition) is 4. The molecule has 7 nitrogen and oxygen atoms in total. The monoisotopic (exact) mass is 531 g/mol. The summed E-state index contributed by atoms with van der Waals surface area (Å²) in [5.74, 6) is -0.283. The van der Waals surface area contributed by atoms with Crippen LogP contribution in [0, 0.1) is 5.41 Å². The number of amides is 2. The molecule has 3 heterocycles. The van der Waals surface area contributed by atoms with Crippen molar-refractivity contribution in [3.8, 4) is 0 Å². The second kappa shape index (κ2) is 10.0. The van der Waals surface area contributed by atoms with Gasteiger partial charge in [-0.2, -0.15) is 18.3 Å². The molecule has 0 radical (unpaired) electrons. The summed E-state index contributed by atoms with van der Waals surface area (Å²) < 4.78 is 43.3. The van der Waals surface area contributed by atoms with Crippen LogP contribution in [0.4, 0.5) is 13.2 Å². The Morgan fingerprint density at radius 1 is 1.03 bits per heavy atom. The second-order valence-corrected chi connectivity index (χ2v) is 11.7. The average Bonchev–Trinajstić information content (AvgIpc) is 3.42. The summed E-state index contributed by atoms with van der Waals surface area (Å²) >= 11 is 0. The first-order valence-electron chi connectivity index (χ1n) is 13.5. The van der Waals surface area contributed by atoms with Crippen LogP contribution in [0.2, 0.25) is 0 Å². The smallest absolute Gasteiger partial charge is 0.369 e. The van der Waals surface area contributed by atoms with Gasteiger partial charge in [0.25, 0.3) is 5.91 Å². The lowest BCUT2D eigenvalue weighted by Gasteiger charge is -2.36. The maximum atomic E-state index is 13.9. The Morgan fingerprint density at radius 3 is 2.34 bits per heavy atom. The molecule has 10 heteroatoms. The number of benzene rings is 1. The van der Waals surface area contributed by atoms with Gasteiger partial charge >= 0.3 is 6.18 Å². The van der Waals surface area contributed by atoms with E-state index in [0.29, 0.717) is 31.5 Å². The zero-order valence-corrected chi connectivity index (χ0v) is 22.0. The van der Waals surface area contributed by atoms with Gasteiger partial charge in [0.1, 0.15) is 0 Å². The van der Waals surface area contributed by atoms with E-state index in [4.69, 9.17) is 5.73 Å². The topological polar surface area (TPSA) is 84.5 Å². The predicted octanol–water partition coefficient (Wildman–Crippen LogP) is 4.91. The molecular formula is C28H36F3N5O2. The van der Waals surface area contributed by atoms with Gasteiger partial charge < -0.3 is 15.5 Å². The molecule has 1 aromatic carbocycles. The Kier molecular flexibility index (Phi) is 7.04. The zero-order valence-electron chi connectivity index (χ0n) is 22.0. The van der Waals surface area contributed by atoms with Crippen LogP contribution in [0.3, 0.4) is 0 Å². The van der Waals surface area contributed by atoms with Crippen LogP contribution in [0.5, 0.6) is 0 Å². The Bertz CT molecular complexity index is 1200. The van der Waals surface area contributed by atoms with Gasteiger partial charge in [-0.15, -0.1) is 0 Å². The molecule has 1 atom stereocenters. The molecule has 5 rings (SSSR count). The number of aromatic nitrogens is 2. The third kappa shape index (κ3) is 5.19. The molecule has 2 aliphatic heterocycles. The van der Waals surface area contributed by atoms with Crippen molar-refractivity contribution in [2.75, 3.05) is 26.2 Å². The largest absolute Gasteiger partial charge is 0.416 e. The van der Waals surface area contributed by atoms with Gasteiger partial charge in [0.05, 0.1) is 40.5 Å². The maximum Gasteiger partial charge on any atom is 0.416 e. The molecule has 1 saturated carbocycles. The van der Waals surface area contributed by atoms with E-state index in [1.54, 1.807) is 17.2 Å². The van der Waals surface area contributed by atoms with Gasteiger partial charge in [0.2, 0.25) is 5.91 Å². The van der Waals surface area contributed by atoms with E-state index in [0.717, 1.165) is 50.5 Å². The van der Waals surface area contributed by atoms with Crippen LogP contribution in [0.15, 0.2) is 30.5 Å². The molecule has 1 aromatic heterocycles. The highest BCUT2D eigenvalue weighted by Crippen LogP contribution is 2.45. The molecule has 3 aliphatic rings.